The fourth-order valence-corrected chi connectivity index (χ4v) is 1.04. The van der Waals surface area contributed by atoms with Crippen LogP contribution in [0.4, 0.5) is 4.39 Å². The van der Waals surface area contributed by atoms with Crippen molar-refractivity contribution in [1.29, 1.82) is 0 Å². The third-order valence-corrected chi connectivity index (χ3v) is 1.81. The van der Waals surface area contributed by atoms with Gasteiger partial charge in [-0.05, 0) is 0 Å². The summed E-state index contributed by atoms with van der Waals surface area (Å²) in [6.07, 6.45) is 12.4. The molecular formula is C6H6FO4P. The van der Waals surface area contributed by atoms with Crippen LogP contribution < -0.4 is 0 Å². The molecule has 4 nitrogen and oxygen atoms in total. The van der Waals surface area contributed by atoms with Crippen molar-refractivity contribution in [3.8, 4) is 25.1 Å². The van der Waals surface area contributed by atoms with Crippen LogP contribution in [0.15, 0.2) is 0 Å². The monoisotopic (exact) mass is 192 g/mol. The second-order valence-corrected chi connectivity index (χ2v) is 2.91. The summed E-state index contributed by atoms with van der Waals surface area (Å²) in [4.78, 5) is 0. The predicted molar refractivity (Wildman–Crippen MR) is 39.4 cm³/mol. The molecule has 0 aliphatic rings. The van der Waals surface area contributed by atoms with Gasteiger partial charge in [0.2, 0.25) is 0 Å². The highest BCUT2D eigenvalue weighted by Gasteiger charge is 2.28. The van der Waals surface area contributed by atoms with Gasteiger partial charge in [-0.25, -0.2) is 8.96 Å². The van der Waals surface area contributed by atoms with E-state index in [1.165, 1.54) is 0 Å². The van der Waals surface area contributed by atoms with Crippen molar-refractivity contribution >= 4 is 7.82 Å². The van der Waals surface area contributed by atoms with Crippen LogP contribution in [0.25, 0.3) is 0 Å². The quantitative estimate of drug-likeness (QED) is 0.486. The molecular weight excluding hydrogens is 186 g/mol. The van der Waals surface area contributed by atoms with E-state index < -0.39 is 21.1 Å². The summed E-state index contributed by atoms with van der Waals surface area (Å²) in [5, 5.41) is 0. The van der Waals surface area contributed by atoms with Gasteiger partial charge in [-0.15, -0.1) is 0 Å². The van der Waals surface area contributed by atoms with Crippen LogP contribution in [0.1, 0.15) is 0 Å². The summed E-state index contributed by atoms with van der Waals surface area (Å²) < 4.78 is 35.1. The van der Waals surface area contributed by atoms with E-state index in [9.17, 15) is 8.96 Å². The molecule has 0 rings (SSSR count). The smallest absolute Gasteiger partial charge is 0.341 e. The predicted octanol–water partition coefficient (Wildman–Crippen LogP) is 1.30. The zero-order chi connectivity index (χ0) is 9.45. The van der Waals surface area contributed by atoms with Gasteiger partial charge < -0.3 is 9.05 Å². The summed E-state index contributed by atoms with van der Waals surface area (Å²) >= 11 is 0. The SMILES string of the molecule is C#COP(=O)(OC#C)OCCF. The molecule has 0 atom stereocenters. The van der Waals surface area contributed by atoms with Gasteiger partial charge in [-0.3, -0.25) is 4.52 Å². The van der Waals surface area contributed by atoms with Crippen molar-refractivity contribution in [2.24, 2.45) is 0 Å². The molecule has 0 bridgehead atoms. The molecule has 0 aromatic heterocycles. The first-order valence-corrected chi connectivity index (χ1v) is 4.23. The van der Waals surface area contributed by atoms with E-state index >= 15 is 0 Å². The third-order valence-electron chi connectivity index (χ3n) is 0.656. The fraction of sp³-hybridized carbons (Fsp3) is 0.333. The van der Waals surface area contributed by atoms with Gasteiger partial charge in [-0.1, -0.05) is 12.8 Å². The maximum atomic E-state index is 11.5. The minimum absolute atomic E-state index is 0.458. The Kier molecular flexibility index (Phi) is 4.96. The second kappa shape index (κ2) is 5.49. The zero-order valence-corrected chi connectivity index (χ0v) is 6.92. The fourth-order valence-electron chi connectivity index (χ4n) is 0.347. The molecule has 0 saturated carbocycles. The second-order valence-electron chi connectivity index (χ2n) is 1.39. The molecule has 0 unspecified atom stereocenters. The Labute approximate surface area is 69.6 Å². The van der Waals surface area contributed by atoms with Gasteiger partial charge in [0.15, 0.2) is 0 Å². The van der Waals surface area contributed by atoms with Crippen LogP contribution in [0.3, 0.4) is 0 Å². The number of phosphoric acid groups is 1. The van der Waals surface area contributed by atoms with Crippen molar-refractivity contribution in [2.45, 2.75) is 0 Å². The highest BCUT2D eigenvalue weighted by atomic mass is 31.2. The largest absolute Gasteiger partial charge is 0.604 e. The standard InChI is InChI=1S/C6H6FO4P/c1-3-9-12(8,10-4-2)11-6-5-7/h1-2H,5-6H2. The first-order valence-electron chi connectivity index (χ1n) is 2.77. The van der Waals surface area contributed by atoms with Gasteiger partial charge in [0.05, 0.1) is 6.61 Å². The molecule has 12 heavy (non-hydrogen) atoms. The number of phosphoric ester groups is 1. The highest BCUT2D eigenvalue weighted by molar-refractivity contribution is 7.48. The molecule has 66 valence electrons. The van der Waals surface area contributed by atoms with E-state index in [-0.39, 0.29) is 0 Å². The molecule has 0 N–H and O–H groups in total. The Bertz CT molecular complexity index is 231. The summed E-state index contributed by atoms with van der Waals surface area (Å²) in [5.74, 6) is 0. The maximum absolute atomic E-state index is 11.5. The van der Waals surface area contributed by atoms with Crippen molar-refractivity contribution < 1.29 is 22.5 Å². The van der Waals surface area contributed by atoms with Crippen LogP contribution in [-0.4, -0.2) is 13.3 Å². The van der Waals surface area contributed by atoms with Gasteiger partial charge in [0, 0.05) is 0 Å². The normalized spacial score (nSPS) is 9.58. The highest BCUT2D eigenvalue weighted by Crippen LogP contribution is 2.48. The minimum Gasteiger partial charge on any atom is -0.341 e. The van der Waals surface area contributed by atoms with Gasteiger partial charge in [0.25, 0.3) is 0 Å². The van der Waals surface area contributed by atoms with Crippen molar-refractivity contribution in [3.63, 3.8) is 0 Å². The lowest BCUT2D eigenvalue weighted by Crippen LogP contribution is -1.97. The van der Waals surface area contributed by atoms with Crippen LogP contribution in [-0.2, 0) is 18.1 Å². The van der Waals surface area contributed by atoms with Crippen molar-refractivity contribution in [3.05, 3.63) is 0 Å². The summed E-state index contributed by atoms with van der Waals surface area (Å²) in [7, 11) is -3.95. The number of terminal acetylenes is 2. The average Bonchev–Trinajstić information content (AvgIpc) is 2.02. The lowest BCUT2D eigenvalue weighted by Gasteiger charge is -2.09. The Morgan fingerprint density at radius 2 is 1.83 bits per heavy atom. The molecule has 0 heterocycles. The molecule has 6 heteroatoms. The molecule has 0 spiro atoms. The minimum atomic E-state index is -3.95. The van der Waals surface area contributed by atoms with Gasteiger partial charge in [-0.2, -0.15) is 0 Å². The molecule has 0 aromatic carbocycles. The van der Waals surface area contributed by atoms with E-state index in [1.54, 1.807) is 12.2 Å². The van der Waals surface area contributed by atoms with E-state index in [0.717, 1.165) is 0 Å². The van der Waals surface area contributed by atoms with Crippen LogP contribution in [0, 0.1) is 25.1 Å². The molecule has 0 saturated heterocycles. The molecule has 0 fully saturated rings. The van der Waals surface area contributed by atoms with Crippen molar-refractivity contribution in [1.82, 2.24) is 0 Å². The van der Waals surface area contributed by atoms with Crippen LogP contribution in [0.5, 0.6) is 0 Å². The number of hydrogen-bond donors (Lipinski definition) is 0. The van der Waals surface area contributed by atoms with E-state index in [4.69, 9.17) is 0 Å². The summed E-state index contributed by atoms with van der Waals surface area (Å²) in [6.45, 7) is -1.30. The number of rotatable bonds is 5. The molecule has 0 aliphatic carbocycles. The lowest BCUT2D eigenvalue weighted by atomic mass is 10.9. The van der Waals surface area contributed by atoms with E-state index in [2.05, 4.69) is 26.4 Å². The van der Waals surface area contributed by atoms with Crippen LogP contribution >= 0.6 is 7.82 Å². The lowest BCUT2D eigenvalue weighted by molar-refractivity contribution is 0.178. The molecule has 0 amide bonds. The number of alkyl halides is 1. The van der Waals surface area contributed by atoms with Crippen LogP contribution in [0.2, 0.25) is 0 Å². The molecule has 0 aromatic rings. The average molecular weight is 192 g/mol. The Balaban J connectivity index is 4.13. The third kappa shape index (κ3) is 3.88. The zero-order valence-electron chi connectivity index (χ0n) is 6.03. The Morgan fingerprint density at radius 3 is 2.17 bits per heavy atom. The van der Waals surface area contributed by atoms with Crippen molar-refractivity contribution in [2.75, 3.05) is 13.3 Å². The van der Waals surface area contributed by atoms with Gasteiger partial charge in [0.1, 0.15) is 18.9 Å². The summed E-state index contributed by atoms with van der Waals surface area (Å²) in [6, 6.07) is 0. The topological polar surface area (TPSA) is 44.8 Å². The first-order chi connectivity index (χ1) is 5.68. The summed E-state index contributed by atoms with van der Waals surface area (Å²) in [5.41, 5.74) is 0. The Hall–Kier alpha value is -1.16. The Morgan fingerprint density at radius 1 is 1.33 bits per heavy atom. The first kappa shape index (κ1) is 10.8. The number of halogens is 1. The molecule has 0 radical (unpaired) electrons. The molecule has 0 aliphatic heterocycles. The maximum Gasteiger partial charge on any atom is 0.604 e. The van der Waals surface area contributed by atoms with E-state index in [0.29, 0.717) is 0 Å². The van der Waals surface area contributed by atoms with E-state index in [1.807, 2.05) is 0 Å². The van der Waals surface area contributed by atoms with Gasteiger partial charge >= 0.3 is 7.82 Å². The number of hydrogen-bond acceptors (Lipinski definition) is 4.